The average Bonchev–Trinajstić information content (AvgIpc) is 2.95. The van der Waals surface area contributed by atoms with E-state index in [0.29, 0.717) is 5.41 Å². The van der Waals surface area contributed by atoms with Gasteiger partial charge in [-0.3, -0.25) is 0 Å². The highest BCUT2D eigenvalue weighted by molar-refractivity contribution is 4.94. The smallest absolute Gasteiger partial charge is 0.0308 e. The van der Waals surface area contributed by atoms with Crippen LogP contribution < -0.4 is 0 Å². The maximum absolute atomic E-state index is 9.87. The van der Waals surface area contributed by atoms with Gasteiger partial charge >= 0.3 is 0 Å². The number of hydrogen-bond acceptors (Lipinski definition) is 2. The van der Waals surface area contributed by atoms with Gasteiger partial charge in [-0.15, -0.1) is 0 Å². The summed E-state index contributed by atoms with van der Waals surface area (Å²) in [5.74, 6) is 0. The minimum atomic E-state index is 0.416. The lowest BCUT2D eigenvalue weighted by molar-refractivity contribution is -0.213. The van der Waals surface area contributed by atoms with Crippen LogP contribution in [0, 0.1) is 5.41 Å². The maximum Gasteiger partial charge on any atom is 0.0308 e. The first-order valence-corrected chi connectivity index (χ1v) is 18.3. The molecule has 0 aromatic rings. The fraction of sp³-hybridized carbons (Fsp3) is 0.795. The average molecular weight is 570 g/mol. The van der Waals surface area contributed by atoms with Gasteiger partial charge in [0.1, 0.15) is 0 Å². The fourth-order valence-electron chi connectivity index (χ4n) is 6.15. The molecule has 1 rings (SSSR count). The summed E-state index contributed by atoms with van der Waals surface area (Å²) in [6.45, 7) is 6.35. The van der Waals surface area contributed by atoms with E-state index in [-0.39, 0.29) is 0 Å². The Labute approximate surface area is 257 Å². The van der Waals surface area contributed by atoms with Crippen molar-refractivity contribution in [1.82, 2.24) is 5.06 Å². The molecule has 238 valence electrons. The van der Waals surface area contributed by atoms with Crippen LogP contribution in [0.4, 0.5) is 0 Å². The SMILES string of the molecule is CCCCC/C=C\C/C=C\CCCCCCCCC1(CCCCCCCC/C=C\C/C=C\CCCCC)CN(O)C1. The van der Waals surface area contributed by atoms with Crippen molar-refractivity contribution in [1.29, 1.82) is 0 Å². The van der Waals surface area contributed by atoms with Crippen LogP contribution in [0.3, 0.4) is 0 Å². The van der Waals surface area contributed by atoms with Gasteiger partial charge in [-0.25, -0.2) is 0 Å². The molecule has 0 aliphatic carbocycles. The molecule has 1 fully saturated rings. The third-order valence-corrected chi connectivity index (χ3v) is 8.85. The second-order valence-corrected chi connectivity index (χ2v) is 13.0. The standard InChI is InChI=1S/C39H71NO/c1-3-5-7-9-11-13-15-17-19-21-23-25-27-29-31-33-35-39(37-40(41)38-39)36-34-32-30-28-26-24-22-20-18-16-14-12-10-8-6-4-2/h11-14,17-20,41H,3-10,15-16,21-38H2,1-2H3/b13-11-,14-12-,19-17-,20-18-. The Morgan fingerprint density at radius 3 is 1.10 bits per heavy atom. The summed E-state index contributed by atoms with van der Waals surface area (Å²) >= 11 is 0. The molecule has 0 unspecified atom stereocenters. The molecule has 0 atom stereocenters. The van der Waals surface area contributed by atoms with Gasteiger partial charge in [0, 0.05) is 18.5 Å². The summed E-state index contributed by atoms with van der Waals surface area (Å²) in [6.07, 6.45) is 53.1. The Morgan fingerprint density at radius 1 is 0.439 bits per heavy atom. The molecule has 0 spiro atoms. The molecule has 1 N–H and O–H groups in total. The number of unbranched alkanes of at least 4 members (excludes halogenated alkanes) is 18. The zero-order chi connectivity index (χ0) is 29.5. The van der Waals surface area contributed by atoms with E-state index < -0.39 is 0 Å². The summed E-state index contributed by atoms with van der Waals surface area (Å²) in [5, 5.41) is 11.4. The lowest BCUT2D eigenvalue weighted by atomic mass is 9.73. The maximum atomic E-state index is 9.87. The number of hydrogen-bond donors (Lipinski definition) is 1. The molecule has 0 radical (unpaired) electrons. The predicted octanol–water partition coefficient (Wildman–Crippen LogP) is 13.1. The van der Waals surface area contributed by atoms with Crippen LogP contribution in [0.25, 0.3) is 0 Å². The summed E-state index contributed by atoms with van der Waals surface area (Å²) in [4.78, 5) is 0. The van der Waals surface area contributed by atoms with Crippen LogP contribution in [0.5, 0.6) is 0 Å². The molecule has 0 amide bonds. The minimum absolute atomic E-state index is 0.416. The second kappa shape index (κ2) is 29.0. The molecule has 1 aliphatic heterocycles. The number of nitrogens with zero attached hydrogens (tertiary/aromatic N) is 1. The molecule has 2 heteroatoms. The molecular weight excluding hydrogens is 498 g/mol. The molecular formula is C39H71NO. The molecule has 2 nitrogen and oxygen atoms in total. The van der Waals surface area contributed by atoms with Gasteiger partial charge in [-0.05, 0) is 77.0 Å². The molecule has 0 aromatic carbocycles. The van der Waals surface area contributed by atoms with E-state index in [4.69, 9.17) is 0 Å². The van der Waals surface area contributed by atoms with Gasteiger partial charge in [0.25, 0.3) is 0 Å². The first-order valence-electron chi connectivity index (χ1n) is 18.3. The molecule has 41 heavy (non-hydrogen) atoms. The van der Waals surface area contributed by atoms with Crippen molar-refractivity contribution in [3.8, 4) is 0 Å². The quantitative estimate of drug-likeness (QED) is 0.0687. The van der Waals surface area contributed by atoms with E-state index in [0.717, 1.165) is 25.9 Å². The highest BCUT2D eigenvalue weighted by atomic mass is 16.5. The van der Waals surface area contributed by atoms with Crippen LogP contribution in [0.15, 0.2) is 48.6 Å². The molecule has 0 aromatic heterocycles. The largest absolute Gasteiger partial charge is 0.314 e. The highest BCUT2D eigenvalue weighted by Crippen LogP contribution is 2.39. The van der Waals surface area contributed by atoms with E-state index in [1.807, 2.05) is 0 Å². The molecule has 0 bridgehead atoms. The predicted molar refractivity (Wildman–Crippen MR) is 184 cm³/mol. The van der Waals surface area contributed by atoms with Gasteiger partial charge in [0.15, 0.2) is 0 Å². The van der Waals surface area contributed by atoms with Crippen molar-refractivity contribution >= 4 is 0 Å². The van der Waals surface area contributed by atoms with Crippen LogP contribution >= 0.6 is 0 Å². The minimum Gasteiger partial charge on any atom is -0.314 e. The van der Waals surface area contributed by atoms with Gasteiger partial charge in [0.05, 0.1) is 0 Å². The van der Waals surface area contributed by atoms with Crippen LogP contribution in [0.2, 0.25) is 0 Å². The Hall–Kier alpha value is -1.12. The van der Waals surface area contributed by atoms with Crippen molar-refractivity contribution in [3.63, 3.8) is 0 Å². The number of rotatable bonds is 30. The van der Waals surface area contributed by atoms with E-state index in [1.165, 1.54) is 154 Å². The van der Waals surface area contributed by atoms with Crippen molar-refractivity contribution in [2.45, 2.75) is 181 Å². The van der Waals surface area contributed by atoms with Gasteiger partial charge < -0.3 is 5.21 Å². The third-order valence-electron chi connectivity index (χ3n) is 8.85. The molecule has 1 saturated heterocycles. The van der Waals surface area contributed by atoms with Crippen LogP contribution in [0.1, 0.15) is 181 Å². The molecule has 1 aliphatic rings. The summed E-state index contributed by atoms with van der Waals surface area (Å²) in [5.41, 5.74) is 0.416. The van der Waals surface area contributed by atoms with Crippen molar-refractivity contribution in [3.05, 3.63) is 48.6 Å². The Bertz CT molecular complexity index is 604. The molecule has 1 heterocycles. The van der Waals surface area contributed by atoms with E-state index >= 15 is 0 Å². The van der Waals surface area contributed by atoms with Crippen LogP contribution in [-0.2, 0) is 0 Å². The second-order valence-electron chi connectivity index (χ2n) is 13.0. The van der Waals surface area contributed by atoms with Crippen molar-refractivity contribution in [2.24, 2.45) is 5.41 Å². The lowest BCUT2D eigenvalue weighted by Gasteiger charge is -2.47. The Morgan fingerprint density at radius 2 is 0.756 bits per heavy atom. The van der Waals surface area contributed by atoms with Gasteiger partial charge in [-0.2, -0.15) is 5.06 Å². The highest BCUT2D eigenvalue weighted by Gasteiger charge is 2.41. The monoisotopic (exact) mass is 570 g/mol. The zero-order valence-corrected chi connectivity index (χ0v) is 27.8. The topological polar surface area (TPSA) is 23.5 Å². The number of allylic oxidation sites excluding steroid dienone is 8. The van der Waals surface area contributed by atoms with Gasteiger partial charge in [0.2, 0.25) is 0 Å². The molecule has 0 saturated carbocycles. The van der Waals surface area contributed by atoms with Crippen molar-refractivity contribution < 1.29 is 5.21 Å². The Balaban J connectivity index is 1.93. The first-order chi connectivity index (χ1) is 20.2. The lowest BCUT2D eigenvalue weighted by Crippen LogP contribution is -2.54. The third kappa shape index (κ3) is 24.1. The normalized spacial score (nSPS) is 15.8. The summed E-state index contributed by atoms with van der Waals surface area (Å²) in [7, 11) is 0. The van der Waals surface area contributed by atoms with Gasteiger partial charge in [-0.1, -0.05) is 152 Å². The Kier molecular flexibility index (Phi) is 26.8. The van der Waals surface area contributed by atoms with E-state index in [2.05, 4.69) is 62.5 Å². The van der Waals surface area contributed by atoms with E-state index in [1.54, 1.807) is 5.06 Å². The fourth-order valence-corrected chi connectivity index (χ4v) is 6.15. The van der Waals surface area contributed by atoms with Crippen LogP contribution in [-0.4, -0.2) is 23.4 Å². The summed E-state index contributed by atoms with van der Waals surface area (Å²) in [6, 6.07) is 0. The number of hydroxylamine groups is 2. The zero-order valence-electron chi connectivity index (χ0n) is 27.8. The first kappa shape index (κ1) is 37.9. The summed E-state index contributed by atoms with van der Waals surface area (Å²) < 4.78 is 0. The van der Waals surface area contributed by atoms with E-state index in [9.17, 15) is 5.21 Å². The van der Waals surface area contributed by atoms with Crippen molar-refractivity contribution in [2.75, 3.05) is 13.1 Å².